The van der Waals surface area contributed by atoms with Crippen molar-refractivity contribution in [2.45, 2.75) is 25.9 Å². The van der Waals surface area contributed by atoms with Crippen LogP contribution in [0, 0.1) is 0 Å². The lowest BCUT2D eigenvalue weighted by atomic mass is 10.2. The molecule has 0 aliphatic rings. The van der Waals surface area contributed by atoms with Crippen LogP contribution in [-0.4, -0.2) is 40.7 Å². The van der Waals surface area contributed by atoms with Gasteiger partial charge in [0.15, 0.2) is 0 Å². The van der Waals surface area contributed by atoms with E-state index in [1.54, 1.807) is 16.8 Å². The first-order valence-corrected chi connectivity index (χ1v) is 6.64. The standard InChI is InChI=1S/C12H15BrN2O5/c1-3-15-6-7(13)4-9(15)11(17)14-8(12(18)19)5-10(16)20-2/h4,6,8H,3,5H2,1-2H3,(H,14,17)(H,18,19)/t8-/m0/s1. The average molecular weight is 347 g/mol. The fraction of sp³-hybridized carbons (Fsp3) is 0.417. The second-order valence-corrected chi connectivity index (χ2v) is 4.89. The molecule has 0 saturated carbocycles. The van der Waals surface area contributed by atoms with Gasteiger partial charge in [0.05, 0.1) is 13.5 Å². The Labute approximate surface area is 124 Å². The number of carboxylic acid groups (broad SMARTS) is 1. The number of carbonyl (C=O) groups excluding carboxylic acids is 2. The van der Waals surface area contributed by atoms with Crippen LogP contribution in [0.25, 0.3) is 0 Å². The summed E-state index contributed by atoms with van der Waals surface area (Å²) in [6, 6.07) is 0.254. The molecule has 0 unspecified atom stereocenters. The van der Waals surface area contributed by atoms with Gasteiger partial charge in [-0.1, -0.05) is 0 Å². The summed E-state index contributed by atoms with van der Waals surface area (Å²) in [5.74, 6) is -2.56. The Morgan fingerprint density at radius 1 is 1.50 bits per heavy atom. The highest BCUT2D eigenvalue weighted by molar-refractivity contribution is 9.10. The third-order valence-corrected chi connectivity index (χ3v) is 3.07. The van der Waals surface area contributed by atoms with E-state index in [4.69, 9.17) is 5.11 Å². The summed E-state index contributed by atoms with van der Waals surface area (Å²) < 4.78 is 6.78. The largest absolute Gasteiger partial charge is 0.480 e. The lowest BCUT2D eigenvalue weighted by molar-refractivity contribution is -0.147. The number of aliphatic carboxylic acids is 1. The molecule has 7 nitrogen and oxygen atoms in total. The first-order valence-electron chi connectivity index (χ1n) is 5.85. The summed E-state index contributed by atoms with van der Waals surface area (Å²) >= 11 is 3.25. The van der Waals surface area contributed by atoms with E-state index in [-0.39, 0.29) is 0 Å². The molecule has 20 heavy (non-hydrogen) atoms. The van der Waals surface area contributed by atoms with Crippen molar-refractivity contribution in [2.75, 3.05) is 7.11 Å². The first kappa shape index (κ1) is 16.2. The fourth-order valence-electron chi connectivity index (χ4n) is 1.61. The van der Waals surface area contributed by atoms with E-state index in [9.17, 15) is 14.4 Å². The second-order valence-electron chi connectivity index (χ2n) is 3.97. The third kappa shape index (κ3) is 4.09. The van der Waals surface area contributed by atoms with Gasteiger partial charge in [0.1, 0.15) is 11.7 Å². The van der Waals surface area contributed by atoms with Crippen LogP contribution in [-0.2, 0) is 20.9 Å². The number of aryl methyl sites for hydroxylation is 1. The van der Waals surface area contributed by atoms with E-state index in [1.807, 2.05) is 6.92 Å². The Morgan fingerprint density at radius 2 is 2.15 bits per heavy atom. The number of carboxylic acids is 1. The number of ether oxygens (including phenoxy) is 1. The van der Waals surface area contributed by atoms with Crippen LogP contribution < -0.4 is 5.32 Å². The molecule has 1 aromatic heterocycles. The summed E-state index contributed by atoms with van der Waals surface area (Å²) in [5, 5.41) is 11.3. The smallest absolute Gasteiger partial charge is 0.326 e. The number of nitrogens with one attached hydrogen (secondary N) is 1. The topological polar surface area (TPSA) is 97.6 Å². The molecule has 0 saturated heterocycles. The molecule has 1 atom stereocenters. The number of hydrogen-bond donors (Lipinski definition) is 2. The number of rotatable bonds is 6. The normalized spacial score (nSPS) is 11.8. The molecule has 0 fully saturated rings. The molecule has 2 N–H and O–H groups in total. The highest BCUT2D eigenvalue weighted by Gasteiger charge is 2.25. The Bertz CT molecular complexity index is 526. The van der Waals surface area contributed by atoms with Crippen LogP contribution in [0.1, 0.15) is 23.8 Å². The average Bonchev–Trinajstić information content (AvgIpc) is 2.78. The van der Waals surface area contributed by atoms with Crippen LogP contribution in [0.5, 0.6) is 0 Å². The molecule has 1 heterocycles. The quantitative estimate of drug-likeness (QED) is 0.749. The molecule has 0 radical (unpaired) electrons. The summed E-state index contributed by atoms with van der Waals surface area (Å²) in [7, 11) is 1.16. The van der Waals surface area contributed by atoms with E-state index >= 15 is 0 Å². The molecule has 0 bridgehead atoms. The van der Waals surface area contributed by atoms with Gasteiger partial charge in [-0.3, -0.25) is 9.59 Å². The Morgan fingerprint density at radius 3 is 2.65 bits per heavy atom. The number of halogens is 1. The van der Waals surface area contributed by atoms with Crippen LogP contribution in [0.3, 0.4) is 0 Å². The summed E-state index contributed by atoms with van der Waals surface area (Å²) in [6.07, 6.45) is 1.29. The minimum absolute atomic E-state index is 0.315. The molecular formula is C12H15BrN2O5. The molecule has 0 aromatic carbocycles. The number of esters is 1. The van der Waals surface area contributed by atoms with Gasteiger partial charge in [0, 0.05) is 17.2 Å². The summed E-state index contributed by atoms with van der Waals surface area (Å²) in [4.78, 5) is 34.2. The van der Waals surface area contributed by atoms with E-state index in [2.05, 4.69) is 26.0 Å². The maximum atomic E-state index is 12.1. The van der Waals surface area contributed by atoms with Crippen LogP contribution in [0.2, 0.25) is 0 Å². The number of nitrogens with zero attached hydrogens (tertiary/aromatic N) is 1. The van der Waals surface area contributed by atoms with Gasteiger partial charge in [-0.25, -0.2) is 4.79 Å². The van der Waals surface area contributed by atoms with Crippen molar-refractivity contribution in [3.8, 4) is 0 Å². The molecule has 1 rings (SSSR count). The highest BCUT2D eigenvalue weighted by Crippen LogP contribution is 2.15. The maximum absolute atomic E-state index is 12.1. The van der Waals surface area contributed by atoms with Crippen molar-refractivity contribution < 1.29 is 24.2 Å². The Balaban J connectivity index is 2.85. The minimum atomic E-state index is -1.33. The highest BCUT2D eigenvalue weighted by atomic mass is 79.9. The van der Waals surface area contributed by atoms with Crippen molar-refractivity contribution in [3.05, 3.63) is 22.4 Å². The molecule has 8 heteroatoms. The van der Waals surface area contributed by atoms with Gasteiger partial charge < -0.3 is 19.7 Å². The SMILES string of the molecule is CCn1cc(Br)cc1C(=O)N[C@@H](CC(=O)OC)C(=O)O. The van der Waals surface area contributed by atoms with Gasteiger partial charge in [0.25, 0.3) is 5.91 Å². The van der Waals surface area contributed by atoms with E-state index in [0.717, 1.165) is 7.11 Å². The third-order valence-electron chi connectivity index (χ3n) is 2.64. The Kier molecular flexibility index (Phi) is 5.75. The van der Waals surface area contributed by atoms with Gasteiger partial charge in [-0.15, -0.1) is 0 Å². The number of hydrogen-bond acceptors (Lipinski definition) is 4. The molecule has 0 spiro atoms. The van der Waals surface area contributed by atoms with Crippen LogP contribution in [0.15, 0.2) is 16.7 Å². The predicted molar refractivity (Wildman–Crippen MR) is 73.3 cm³/mol. The van der Waals surface area contributed by atoms with Gasteiger partial charge in [-0.05, 0) is 28.9 Å². The van der Waals surface area contributed by atoms with E-state index in [1.165, 1.54) is 0 Å². The van der Waals surface area contributed by atoms with Crippen LogP contribution >= 0.6 is 15.9 Å². The minimum Gasteiger partial charge on any atom is -0.480 e. The van der Waals surface area contributed by atoms with Crippen molar-refractivity contribution in [3.63, 3.8) is 0 Å². The van der Waals surface area contributed by atoms with Gasteiger partial charge >= 0.3 is 11.9 Å². The molecule has 1 amide bonds. The molecule has 110 valence electrons. The number of amides is 1. The summed E-state index contributed by atoms with van der Waals surface area (Å²) in [6.45, 7) is 2.41. The molecule has 1 aromatic rings. The van der Waals surface area contributed by atoms with Crippen molar-refractivity contribution in [1.82, 2.24) is 9.88 Å². The van der Waals surface area contributed by atoms with E-state index in [0.29, 0.717) is 16.7 Å². The summed E-state index contributed by atoms with van der Waals surface area (Å²) in [5.41, 5.74) is 0.315. The molecule has 0 aliphatic heterocycles. The monoisotopic (exact) mass is 346 g/mol. The van der Waals surface area contributed by atoms with Crippen molar-refractivity contribution in [2.24, 2.45) is 0 Å². The zero-order valence-electron chi connectivity index (χ0n) is 11.1. The molecule has 0 aliphatic carbocycles. The maximum Gasteiger partial charge on any atom is 0.326 e. The van der Waals surface area contributed by atoms with Gasteiger partial charge in [-0.2, -0.15) is 0 Å². The second kappa shape index (κ2) is 7.09. The fourth-order valence-corrected chi connectivity index (χ4v) is 2.07. The number of carbonyl (C=O) groups is 3. The van der Waals surface area contributed by atoms with E-state index < -0.39 is 30.3 Å². The molecular weight excluding hydrogens is 332 g/mol. The lowest BCUT2D eigenvalue weighted by Gasteiger charge is -2.14. The van der Waals surface area contributed by atoms with Crippen LogP contribution in [0.4, 0.5) is 0 Å². The van der Waals surface area contributed by atoms with Crippen molar-refractivity contribution in [1.29, 1.82) is 0 Å². The Hall–Kier alpha value is -1.83. The van der Waals surface area contributed by atoms with Crippen molar-refractivity contribution >= 4 is 33.8 Å². The zero-order valence-corrected chi connectivity index (χ0v) is 12.6. The number of methoxy groups -OCH3 is 1. The van der Waals surface area contributed by atoms with Gasteiger partial charge in [0.2, 0.25) is 0 Å². The number of aromatic nitrogens is 1. The zero-order chi connectivity index (χ0) is 15.3. The lowest BCUT2D eigenvalue weighted by Crippen LogP contribution is -2.43. The first-order chi connectivity index (χ1) is 9.38. The predicted octanol–water partition coefficient (Wildman–Crippen LogP) is 1.02.